The first-order chi connectivity index (χ1) is 7.54. The van der Waals surface area contributed by atoms with Crippen LogP contribution in [0.1, 0.15) is 13.8 Å². The number of hydrogen-bond acceptors (Lipinski definition) is 3. The predicted molar refractivity (Wildman–Crippen MR) is 64.9 cm³/mol. The monoisotopic (exact) mass is 242 g/mol. The van der Waals surface area contributed by atoms with Gasteiger partial charge in [-0.2, -0.15) is 0 Å². The van der Waals surface area contributed by atoms with Crippen LogP contribution in [-0.4, -0.2) is 18.6 Å². The van der Waals surface area contributed by atoms with Crippen molar-refractivity contribution >= 4 is 23.2 Å². The van der Waals surface area contributed by atoms with Crippen LogP contribution in [0.25, 0.3) is 0 Å². The lowest BCUT2D eigenvalue weighted by molar-refractivity contribution is -0.117. The number of carbonyl (C=O) groups is 1. The number of carbonyl (C=O) groups excluding carboxylic acids is 1. The Hall–Kier alpha value is -1.26. The van der Waals surface area contributed by atoms with Gasteiger partial charge >= 0.3 is 0 Å². The van der Waals surface area contributed by atoms with Crippen molar-refractivity contribution in [1.82, 2.24) is 0 Å². The van der Waals surface area contributed by atoms with Crippen LogP contribution >= 0.6 is 11.6 Å². The van der Waals surface area contributed by atoms with Crippen molar-refractivity contribution in [3.63, 3.8) is 0 Å². The molecule has 1 rings (SSSR count). The number of rotatable bonds is 4. The molecule has 0 fully saturated rings. The highest BCUT2D eigenvalue weighted by Gasteiger charge is 2.11. The Bertz CT molecular complexity index is 380. The number of benzene rings is 1. The Balaban J connectivity index is 2.91. The minimum absolute atomic E-state index is 0.275. The molecule has 5 heteroatoms. The van der Waals surface area contributed by atoms with Crippen LogP contribution in [0.15, 0.2) is 18.2 Å². The summed E-state index contributed by atoms with van der Waals surface area (Å²) in [4.78, 5) is 11.4. The second-order valence-electron chi connectivity index (χ2n) is 3.35. The molecule has 88 valence electrons. The van der Waals surface area contributed by atoms with Gasteiger partial charge in [0.05, 0.1) is 18.3 Å². The van der Waals surface area contributed by atoms with E-state index >= 15 is 0 Å². The summed E-state index contributed by atoms with van der Waals surface area (Å²) in [6.45, 7) is 3.99. The molecule has 0 saturated heterocycles. The summed E-state index contributed by atoms with van der Waals surface area (Å²) in [5.74, 6) is 0.309. The summed E-state index contributed by atoms with van der Waals surface area (Å²) < 4.78 is 5.36. The van der Waals surface area contributed by atoms with E-state index in [1.807, 2.05) is 6.92 Å². The maximum atomic E-state index is 11.4. The van der Waals surface area contributed by atoms with Crippen LogP contribution in [0.4, 0.5) is 5.69 Å². The van der Waals surface area contributed by atoms with Gasteiger partial charge in [-0.3, -0.25) is 4.79 Å². The van der Waals surface area contributed by atoms with Gasteiger partial charge in [0, 0.05) is 5.02 Å². The smallest absolute Gasteiger partial charge is 0.241 e. The lowest BCUT2D eigenvalue weighted by Gasteiger charge is -2.13. The molecule has 1 aromatic rings. The quantitative estimate of drug-likeness (QED) is 0.849. The lowest BCUT2D eigenvalue weighted by atomic mass is 10.2. The second kappa shape index (κ2) is 5.72. The van der Waals surface area contributed by atoms with E-state index in [1.54, 1.807) is 25.1 Å². The summed E-state index contributed by atoms with van der Waals surface area (Å²) in [6.07, 6.45) is 0. The van der Waals surface area contributed by atoms with Crippen molar-refractivity contribution in [1.29, 1.82) is 0 Å². The van der Waals surface area contributed by atoms with Crippen molar-refractivity contribution in [2.24, 2.45) is 5.73 Å². The number of anilines is 1. The van der Waals surface area contributed by atoms with Crippen LogP contribution in [0.3, 0.4) is 0 Å². The zero-order valence-corrected chi connectivity index (χ0v) is 10.0. The molecule has 0 bridgehead atoms. The second-order valence-corrected chi connectivity index (χ2v) is 3.79. The molecule has 0 radical (unpaired) electrons. The van der Waals surface area contributed by atoms with Crippen molar-refractivity contribution in [2.75, 3.05) is 11.9 Å². The van der Waals surface area contributed by atoms with Crippen LogP contribution < -0.4 is 15.8 Å². The first-order valence-electron chi connectivity index (χ1n) is 5.03. The minimum atomic E-state index is -0.576. The van der Waals surface area contributed by atoms with Gasteiger partial charge in [0.25, 0.3) is 0 Å². The molecule has 16 heavy (non-hydrogen) atoms. The molecule has 0 aliphatic rings. The highest BCUT2D eigenvalue weighted by Crippen LogP contribution is 2.28. The highest BCUT2D eigenvalue weighted by molar-refractivity contribution is 6.31. The Labute approximate surface area is 99.7 Å². The third-order valence-electron chi connectivity index (χ3n) is 1.91. The molecule has 0 aliphatic carbocycles. The number of nitrogens with one attached hydrogen (secondary N) is 1. The lowest BCUT2D eigenvalue weighted by Crippen LogP contribution is -2.32. The molecule has 0 aromatic heterocycles. The molecular weight excluding hydrogens is 228 g/mol. The van der Waals surface area contributed by atoms with Gasteiger partial charge in [-0.15, -0.1) is 0 Å². The fourth-order valence-electron chi connectivity index (χ4n) is 1.13. The van der Waals surface area contributed by atoms with Gasteiger partial charge in [-0.25, -0.2) is 0 Å². The van der Waals surface area contributed by atoms with Gasteiger partial charge < -0.3 is 15.8 Å². The molecule has 0 saturated carbocycles. The molecule has 1 atom stereocenters. The van der Waals surface area contributed by atoms with Gasteiger partial charge in [0.2, 0.25) is 5.91 Å². The fourth-order valence-corrected chi connectivity index (χ4v) is 1.30. The first kappa shape index (κ1) is 12.8. The molecule has 4 nitrogen and oxygen atoms in total. The molecule has 0 spiro atoms. The van der Waals surface area contributed by atoms with Crippen molar-refractivity contribution < 1.29 is 9.53 Å². The first-order valence-corrected chi connectivity index (χ1v) is 5.41. The summed E-state index contributed by atoms with van der Waals surface area (Å²) in [6, 6.07) is 4.47. The topological polar surface area (TPSA) is 64.3 Å². The Morgan fingerprint density at radius 1 is 1.62 bits per heavy atom. The number of hydrogen-bond donors (Lipinski definition) is 2. The average Bonchev–Trinajstić information content (AvgIpc) is 2.22. The van der Waals surface area contributed by atoms with E-state index in [1.165, 1.54) is 0 Å². The van der Waals surface area contributed by atoms with Gasteiger partial charge in [-0.1, -0.05) is 11.6 Å². The van der Waals surface area contributed by atoms with Gasteiger partial charge in [0.15, 0.2) is 0 Å². The predicted octanol–water partition coefficient (Wildman–Crippen LogP) is 2.02. The van der Waals surface area contributed by atoms with E-state index < -0.39 is 6.04 Å². The van der Waals surface area contributed by atoms with E-state index in [0.717, 1.165) is 0 Å². The summed E-state index contributed by atoms with van der Waals surface area (Å²) >= 11 is 5.84. The Morgan fingerprint density at radius 2 is 2.31 bits per heavy atom. The molecule has 1 aromatic carbocycles. The van der Waals surface area contributed by atoms with Crippen LogP contribution in [0.2, 0.25) is 5.02 Å². The Morgan fingerprint density at radius 3 is 2.88 bits per heavy atom. The van der Waals surface area contributed by atoms with Crippen molar-refractivity contribution in [2.45, 2.75) is 19.9 Å². The third-order valence-corrected chi connectivity index (χ3v) is 2.15. The van der Waals surface area contributed by atoms with Gasteiger partial charge in [-0.05, 0) is 32.0 Å². The normalized spacial score (nSPS) is 12.0. The third kappa shape index (κ3) is 3.40. The maximum absolute atomic E-state index is 11.4. The largest absolute Gasteiger partial charge is 0.492 e. The number of ether oxygens (including phenoxy) is 1. The van der Waals surface area contributed by atoms with Gasteiger partial charge in [0.1, 0.15) is 5.75 Å². The number of halogens is 1. The standard InChI is InChI=1S/C11H15ClN2O2/c1-3-16-10-5-4-8(12)6-9(10)14-11(15)7(2)13/h4-7H,3,13H2,1-2H3,(H,14,15)/t7-/m0/s1. The molecule has 0 unspecified atom stereocenters. The van der Waals surface area contributed by atoms with Crippen LogP contribution in [-0.2, 0) is 4.79 Å². The van der Waals surface area contributed by atoms with E-state index in [2.05, 4.69) is 5.32 Å². The molecule has 0 aliphatic heterocycles. The summed E-state index contributed by atoms with van der Waals surface area (Å²) in [5, 5.41) is 3.19. The summed E-state index contributed by atoms with van der Waals surface area (Å²) in [7, 11) is 0. The maximum Gasteiger partial charge on any atom is 0.241 e. The molecular formula is C11H15ClN2O2. The van der Waals surface area contributed by atoms with Crippen molar-refractivity contribution in [3.05, 3.63) is 23.2 Å². The zero-order valence-electron chi connectivity index (χ0n) is 9.29. The van der Waals surface area contributed by atoms with E-state index in [-0.39, 0.29) is 5.91 Å². The molecule has 1 amide bonds. The summed E-state index contributed by atoms with van der Waals surface area (Å²) in [5.41, 5.74) is 6.00. The van der Waals surface area contributed by atoms with Crippen LogP contribution in [0.5, 0.6) is 5.75 Å². The van der Waals surface area contributed by atoms with E-state index in [4.69, 9.17) is 22.1 Å². The average molecular weight is 243 g/mol. The minimum Gasteiger partial charge on any atom is -0.492 e. The highest BCUT2D eigenvalue weighted by atomic mass is 35.5. The Kier molecular flexibility index (Phi) is 4.58. The molecule has 0 heterocycles. The van der Waals surface area contributed by atoms with E-state index in [9.17, 15) is 4.79 Å². The SMILES string of the molecule is CCOc1ccc(Cl)cc1NC(=O)[C@H](C)N. The fraction of sp³-hybridized carbons (Fsp3) is 0.364. The number of amides is 1. The van der Waals surface area contributed by atoms with Crippen LogP contribution in [0, 0.1) is 0 Å². The van der Waals surface area contributed by atoms with Crippen molar-refractivity contribution in [3.8, 4) is 5.75 Å². The number of nitrogens with two attached hydrogens (primary N) is 1. The molecule has 3 N–H and O–H groups in total. The zero-order chi connectivity index (χ0) is 12.1. The van der Waals surface area contributed by atoms with E-state index in [0.29, 0.717) is 23.1 Å².